The molecule has 1 fully saturated rings. The van der Waals surface area contributed by atoms with E-state index in [1.807, 2.05) is 0 Å². The van der Waals surface area contributed by atoms with Crippen LogP contribution in [-0.4, -0.2) is 24.8 Å². The van der Waals surface area contributed by atoms with Crippen molar-refractivity contribution < 1.29 is 4.74 Å². The first kappa shape index (κ1) is 17.0. The molecule has 0 heterocycles. The summed E-state index contributed by atoms with van der Waals surface area (Å²) in [6, 6.07) is 0.544. The summed E-state index contributed by atoms with van der Waals surface area (Å²) < 4.78 is 6.27. The molecular formula is C17H35NO. The van der Waals surface area contributed by atoms with Gasteiger partial charge in [0.2, 0.25) is 0 Å². The fraction of sp³-hybridized carbons (Fsp3) is 1.00. The molecule has 1 rings (SSSR count). The topological polar surface area (TPSA) is 21.3 Å². The van der Waals surface area contributed by atoms with Gasteiger partial charge in [-0.1, -0.05) is 41.5 Å². The number of rotatable bonds is 6. The summed E-state index contributed by atoms with van der Waals surface area (Å²) in [4.78, 5) is 0. The second-order valence-electron chi connectivity index (χ2n) is 7.71. The summed E-state index contributed by atoms with van der Waals surface area (Å²) in [5.74, 6) is 0.852. The predicted octanol–water partition coefficient (Wildman–Crippen LogP) is 4.39. The van der Waals surface area contributed by atoms with Crippen LogP contribution in [0.2, 0.25) is 0 Å². The van der Waals surface area contributed by atoms with E-state index in [9.17, 15) is 0 Å². The Morgan fingerprint density at radius 1 is 1.21 bits per heavy atom. The highest BCUT2D eigenvalue weighted by Crippen LogP contribution is 2.42. The first-order valence-corrected chi connectivity index (χ1v) is 8.16. The van der Waals surface area contributed by atoms with Gasteiger partial charge in [-0.25, -0.2) is 0 Å². The molecule has 2 nitrogen and oxygen atoms in total. The Kier molecular flexibility index (Phi) is 6.32. The minimum absolute atomic E-state index is 0.0992. The van der Waals surface area contributed by atoms with Crippen LogP contribution in [0, 0.1) is 11.3 Å². The zero-order chi connectivity index (χ0) is 14.5. The van der Waals surface area contributed by atoms with Crippen molar-refractivity contribution in [3.8, 4) is 0 Å². The SMILES string of the molecule is CCCOC1(CNC(C)C)CCC(C(C)(C)C)CC1. The summed E-state index contributed by atoms with van der Waals surface area (Å²) in [5, 5.41) is 3.59. The standard InChI is InChI=1S/C17H35NO/c1-7-12-19-17(13-18-14(2)3)10-8-15(9-11-17)16(4,5)6/h14-15,18H,7-13H2,1-6H3. The van der Waals surface area contributed by atoms with Gasteiger partial charge in [0, 0.05) is 19.2 Å². The lowest BCUT2D eigenvalue weighted by atomic mass is 9.68. The van der Waals surface area contributed by atoms with Crippen LogP contribution in [0.4, 0.5) is 0 Å². The minimum Gasteiger partial charge on any atom is -0.374 e. The van der Waals surface area contributed by atoms with Gasteiger partial charge in [-0.2, -0.15) is 0 Å². The number of nitrogens with one attached hydrogen (secondary N) is 1. The molecular weight excluding hydrogens is 234 g/mol. The lowest BCUT2D eigenvalue weighted by molar-refractivity contribution is -0.0850. The van der Waals surface area contributed by atoms with Gasteiger partial charge in [0.15, 0.2) is 0 Å². The fourth-order valence-corrected chi connectivity index (χ4v) is 3.09. The third kappa shape index (κ3) is 5.43. The van der Waals surface area contributed by atoms with E-state index in [0.29, 0.717) is 11.5 Å². The second kappa shape index (κ2) is 7.08. The zero-order valence-electron chi connectivity index (χ0n) is 14.0. The van der Waals surface area contributed by atoms with Crippen LogP contribution in [0.5, 0.6) is 0 Å². The molecule has 0 amide bonds. The molecule has 1 aliphatic rings. The highest BCUT2D eigenvalue weighted by Gasteiger charge is 2.39. The average Bonchev–Trinajstić information content (AvgIpc) is 2.34. The van der Waals surface area contributed by atoms with Crippen molar-refractivity contribution >= 4 is 0 Å². The van der Waals surface area contributed by atoms with Gasteiger partial charge in [-0.3, -0.25) is 0 Å². The van der Waals surface area contributed by atoms with E-state index in [-0.39, 0.29) is 5.60 Å². The van der Waals surface area contributed by atoms with Gasteiger partial charge in [-0.05, 0) is 43.4 Å². The Hall–Kier alpha value is -0.0800. The molecule has 0 atom stereocenters. The maximum absolute atomic E-state index is 6.27. The Balaban J connectivity index is 2.58. The highest BCUT2D eigenvalue weighted by molar-refractivity contribution is 4.92. The molecule has 1 saturated carbocycles. The Bertz CT molecular complexity index is 246. The molecule has 0 aromatic carbocycles. The zero-order valence-corrected chi connectivity index (χ0v) is 14.0. The molecule has 0 spiro atoms. The van der Waals surface area contributed by atoms with E-state index < -0.39 is 0 Å². The highest BCUT2D eigenvalue weighted by atomic mass is 16.5. The molecule has 2 heteroatoms. The van der Waals surface area contributed by atoms with Gasteiger partial charge in [0.05, 0.1) is 5.60 Å². The number of hydrogen-bond acceptors (Lipinski definition) is 2. The number of ether oxygens (including phenoxy) is 1. The lowest BCUT2D eigenvalue weighted by Gasteiger charge is -2.44. The first-order valence-electron chi connectivity index (χ1n) is 8.16. The van der Waals surface area contributed by atoms with Crippen molar-refractivity contribution in [2.24, 2.45) is 11.3 Å². The summed E-state index contributed by atoms with van der Waals surface area (Å²) in [7, 11) is 0. The van der Waals surface area contributed by atoms with Crippen molar-refractivity contribution in [2.75, 3.05) is 13.2 Å². The maximum atomic E-state index is 6.27. The van der Waals surface area contributed by atoms with Gasteiger partial charge in [-0.15, -0.1) is 0 Å². The Morgan fingerprint density at radius 3 is 2.21 bits per heavy atom. The molecule has 0 bridgehead atoms. The fourth-order valence-electron chi connectivity index (χ4n) is 3.09. The van der Waals surface area contributed by atoms with Crippen LogP contribution in [0.1, 0.15) is 73.6 Å². The monoisotopic (exact) mass is 269 g/mol. The molecule has 19 heavy (non-hydrogen) atoms. The van der Waals surface area contributed by atoms with E-state index in [0.717, 1.165) is 25.5 Å². The van der Waals surface area contributed by atoms with Crippen molar-refractivity contribution in [2.45, 2.75) is 85.3 Å². The van der Waals surface area contributed by atoms with E-state index in [2.05, 4.69) is 46.9 Å². The van der Waals surface area contributed by atoms with Crippen LogP contribution in [-0.2, 0) is 4.74 Å². The van der Waals surface area contributed by atoms with Crippen molar-refractivity contribution in [3.05, 3.63) is 0 Å². The lowest BCUT2D eigenvalue weighted by Crippen LogP contribution is -2.48. The summed E-state index contributed by atoms with van der Waals surface area (Å²) in [6.07, 6.45) is 6.18. The first-order chi connectivity index (χ1) is 8.79. The third-order valence-corrected chi connectivity index (χ3v) is 4.57. The molecule has 0 aromatic heterocycles. The molecule has 114 valence electrons. The molecule has 0 aromatic rings. The predicted molar refractivity (Wildman–Crippen MR) is 83.5 cm³/mol. The van der Waals surface area contributed by atoms with Crippen molar-refractivity contribution in [3.63, 3.8) is 0 Å². The molecule has 0 aliphatic heterocycles. The quantitative estimate of drug-likeness (QED) is 0.772. The molecule has 1 aliphatic carbocycles. The summed E-state index contributed by atoms with van der Waals surface area (Å²) in [6.45, 7) is 15.7. The smallest absolute Gasteiger partial charge is 0.0806 e. The molecule has 0 saturated heterocycles. The van der Waals surface area contributed by atoms with Crippen molar-refractivity contribution in [1.82, 2.24) is 5.32 Å². The van der Waals surface area contributed by atoms with Gasteiger partial charge >= 0.3 is 0 Å². The summed E-state index contributed by atoms with van der Waals surface area (Å²) in [5.41, 5.74) is 0.546. The molecule has 0 radical (unpaired) electrons. The second-order valence-corrected chi connectivity index (χ2v) is 7.71. The van der Waals surface area contributed by atoms with Gasteiger partial charge in [0.1, 0.15) is 0 Å². The van der Waals surface area contributed by atoms with E-state index in [1.165, 1.54) is 25.7 Å². The van der Waals surface area contributed by atoms with Crippen LogP contribution < -0.4 is 5.32 Å². The van der Waals surface area contributed by atoms with E-state index in [4.69, 9.17) is 4.74 Å². The molecule has 0 unspecified atom stereocenters. The van der Waals surface area contributed by atoms with E-state index >= 15 is 0 Å². The maximum Gasteiger partial charge on any atom is 0.0806 e. The minimum atomic E-state index is 0.0992. The van der Waals surface area contributed by atoms with Gasteiger partial charge in [0.25, 0.3) is 0 Å². The van der Waals surface area contributed by atoms with Crippen LogP contribution in [0.15, 0.2) is 0 Å². The average molecular weight is 269 g/mol. The van der Waals surface area contributed by atoms with Crippen molar-refractivity contribution in [1.29, 1.82) is 0 Å². The number of hydrogen-bond donors (Lipinski definition) is 1. The summed E-state index contributed by atoms with van der Waals surface area (Å²) >= 11 is 0. The molecule has 1 N–H and O–H groups in total. The van der Waals surface area contributed by atoms with Crippen LogP contribution >= 0.6 is 0 Å². The Labute approximate surface area is 120 Å². The largest absolute Gasteiger partial charge is 0.374 e. The van der Waals surface area contributed by atoms with Crippen LogP contribution in [0.25, 0.3) is 0 Å². The van der Waals surface area contributed by atoms with E-state index in [1.54, 1.807) is 0 Å². The van der Waals surface area contributed by atoms with Crippen LogP contribution in [0.3, 0.4) is 0 Å². The third-order valence-electron chi connectivity index (χ3n) is 4.57. The van der Waals surface area contributed by atoms with Gasteiger partial charge < -0.3 is 10.1 Å². The Morgan fingerprint density at radius 2 is 1.79 bits per heavy atom. The normalized spacial score (nSPS) is 28.9.